The molecule has 0 aliphatic heterocycles. The van der Waals surface area contributed by atoms with Gasteiger partial charge in [0.2, 0.25) is 0 Å². The van der Waals surface area contributed by atoms with Crippen molar-refractivity contribution in [2.45, 2.75) is 32.8 Å². The zero-order valence-corrected chi connectivity index (χ0v) is 17.3. The van der Waals surface area contributed by atoms with Crippen LogP contribution in [0.3, 0.4) is 0 Å². The van der Waals surface area contributed by atoms with E-state index in [-0.39, 0.29) is 6.61 Å². The van der Waals surface area contributed by atoms with Crippen molar-refractivity contribution in [2.24, 2.45) is 0 Å². The highest BCUT2D eigenvalue weighted by atomic mass is 16.5. The Morgan fingerprint density at radius 2 is 1.53 bits per heavy atom. The highest BCUT2D eigenvalue weighted by Gasteiger charge is 2.10. The minimum absolute atomic E-state index is 0.0241. The maximum Gasteiger partial charge on any atom is 0.174 e. The lowest BCUT2D eigenvalue weighted by Gasteiger charge is -2.15. The molecule has 0 saturated heterocycles. The Morgan fingerprint density at radius 3 is 2.30 bits per heavy atom. The number of benzene rings is 3. The van der Waals surface area contributed by atoms with E-state index in [2.05, 4.69) is 31.2 Å². The summed E-state index contributed by atoms with van der Waals surface area (Å²) in [7, 11) is 0. The van der Waals surface area contributed by atoms with Crippen molar-refractivity contribution in [3.05, 3.63) is 89.5 Å². The number of aryl methyl sites for hydroxylation is 2. The standard InChI is InChI=1S/C26H27NO3/c1-2-22-12-6-13-23(26(22)29-18-16-27)20-30-25-15-7-14-24(19-25)28-17-8-11-21-9-4-3-5-10-21/h3-7,9-10,12-15,19H,2,8,11,17-18,20H2,1H3. The fourth-order valence-corrected chi connectivity index (χ4v) is 3.25. The molecule has 0 spiro atoms. The number of nitriles is 1. The molecule has 4 heteroatoms. The normalized spacial score (nSPS) is 10.3. The summed E-state index contributed by atoms with van der Waals surface area (Å²) in [5.74, 6) is 2.28. The molecular weight excluding hydrogens is 374 g/mol. The van der Waals surface area contributed by atoms with Crippen molar-refractivity contribution in [1.29, 1.82) is 5.26 Å². The first-order valence-electron chi connectivity index (χ1n) is 10.3. The van der Waals surface area contributed by atoms with E-state index in [1.165, 1.54) is 5.56 Å². The SMILES string of the molecule is CCc1cccc(COc2cccc(OCCCc3ccccc3)c2)c1OCC#N. The molecule has 0 bridgehead atoms. The van der Waals surface area contributed by atoms with Crippen LogP contribution in [0.4, 0.5) is 0 Å². The Balaban J connectivity index is 1.55. The molecule has 0 aromatic heterocycles. The molecular formula is C26H27NO3. The molecule has 3 rings (SSSR count). The Bertz CT molecular complexity index is 964. The van der Waals surface area contributed by atoms with Gasteiger partial charge in [0.15, 0.2) is 6.61 Å². The van der Waals surface area contributed by atoms with Gasteiger partial charge in [0.25, 0.3) is 0 Å². The van der Waals surface area contributed by atoms with E-state index in [4.69, 9.17) is 19.5 Å². The molecule has 3 aromatic rings. The van der Waals surface area contributed by atoms with E-state index in [0.717, 1.165) is 47.6 Å². The van der Waals surface area contributed by atoms with Crippen LogP contribution in [-0.4, -0.2) is 13.2 Å². The lowest BCUT2D eigenvalue weighted by molar-refractivity contribution is 0.283. The third-order valence-corrected chi connectivity index (χ3v) is 4.76. The van der Waals surface area contributed by atoms with Gasteiger partial charge in [-0.2, -0.15) is 5.26 Å². The molecule has 0 aliphatic rings. The monoisotopic (exact) mass is 401 g/mol. The smallest absolute Gasteiger partial charge is 0.174 e. The van der Waals surface area contributed by atoms with E-state index in [1.807, 2.05) is 54.6 Å². The van der Waals surface area contributed by atoms with Crippen LogP contribution in [0.1, 0.15) is 30.0 Å². The van der Waals surface area contributed by atoms with Crippen LogP contribution in [0.25, 0.3) is 0 Å². The van der Waals surface area contributed by atoms with Crippen LogP contribution in [0.15, 0.2) is 72.8 Å². The second kappa shape index (κ2) is 11.5. The van der Waals surface area contributed by atoms with E-state index in [9.17, 15) is 0 Å². The second-order valence-electron chi connectivity index (χ2n) is 6.91. The molecule has 3 aromatic carbocycles. The molecule has 0 unspecified atom stereocenters. The first kappa shape index (κ1) is 21.3. The highest BCUT2D eigenvalue weighted by molar-refractivity contribution is 5.42. The van der Waals surface area contributed by atoms with E-state index < -0.39 is 0 Å². The first-order valence-corrected chi connectivity index (χ1v) is 10.3. The first-order chi connectivity index (χ1) is 14.8. The Morgan fingerprint density at radius 1 is 0.800 bits per heavy atom. The summed E-state index contributed by atoms with van der Waals surface area (Å²) in [6.45, 7) is 3.11. The topological polar surface area (TPSA) is 51.5 Å². The van der Waals surface area contributed by atoms with Gasteiger partial charge in [0.1, 0.15) is 29.9 Å². The van der Waals surface area contributed by atoms with Gasteiger partial charge >= 0.3 is 0 Å². The summed E-state index contributed by atoms with van der Waals surface area (Å²) >= 11 is 0. The van der Waals surface area contributed by atoms with E-state index in [0.29, 0.717) is 13.2 Å². The van der Waals surface area contributed by atoms with Crippen molar-refractivity contribution in [2.75, 3.05) is 13.2 Å². The Hall–Kier alpha value is -3.45. The van der Waals surface area contributed by atoms with Crippen molar-refractivity contribution in [3.8, 4) is 23.3 Å². The largest absolute Gasteiger partial charge is 0.493 e. The second-order valence-corrected chi connectivity index (χ2v) is 6.91. The number of rotatable bonds is 11. The van der Waals surface area contributed by atoms with Crippen LogP contribution in [0, 0.1) is 11.3 Å². The zero-order chi connectivity index (χ0) is 21.0. The van der Waals surface area contributed by atoms with Crippen LogP contribution in [-0.2, 0) is 19.4 Å². The summed E-state index contributed by atoms with van der Waals surface area (Å²) in [6.07, 6.45) is 2.79. The van der Waals surface area contributed by atoms with Gasteiger partial charge in [-0.05, 0) is 42.5 Å². The lowest BCUT2D eigenvalue weighted by Crippen LogP contribution is -2.04. The molecule has 0 N–H and O–H groups in total. The lowest BCUT2D eigenvalue weighted by atomic mass is 10.1. The van der Waals surface area contributed by atoms with Gasteiger partial charge in [-0.15, -0.1) is 0 Å². The molecule has 0 radical (unpaired) electrons. The van der Waals surface area contributed by atoms with E-state index in [1.54, 1.807) is 0 Å². The van der Waals surface area contributed by atoms with Gasteiger partial charge in [-0.3, -0.25) is 0 Å². The van der Waals surface area contributed by atoms with Crippen molar-refractivity contribution in [3.63, 3.8) is 0 Å². The summed E-state index contributed by atoms with van der Waals surface area (Å²) < 4.78 is 17.5. The molecule has 30 heavy (non-hydrogen) atoms. The summed E-state index contributed by atoms with van der Waals surface area (Å²) in [5.41, 5.74) is 3.32. The molecule has 0 saturated carbocycles. The summed E-state index contributed by atoms with van der Waals surface area (Å²) in [5, 5.41) is 8.85. The average molecular weight is 402 g/mol. The molecule has 154 valence electrons. The molecule has 0 amide bonds. The van der Waals surface area contributed by atoms with Crippen molar-refractivity contribution >= 4 is 0 Å². The number of hydrogen-bond acceptors (Lipinski definition) is 4. The summed E-state index contributed by atoms with van der Waals surface area (Å²) in [6, 6.07) is 26.1. The minimum atomic E-state index is 0.0241. The number of ether oxygens (including phenoxy) is 3. The van der Waals surface area contributed by atoms with Crippen molar-refractivity contribution in [1.82, 2.24) is 0 Å². The van der Waals surface area contributed by atoms with E-state index >= 15 is 0 Å². The number of nitrogens with zero attached hydrogens (tertiary/aromatic N) is 1. The number of hydrogen-bond donors (Lipinski definition) is 0. The predicted octanol–water partition coefficient (Wildman–Crippen LogP) is 5.74. The van der Waals surface area contributed by atoms with Crippen molar-refractivity contribution < 1.29 is 14.2 Å². The third kappa shape index (κ3) is 6.28. The van der Waals surface area contributed by atoms with Crippen LogP contribution < -0.4 is 14.2 Å². The molecule has 0 atom stereocenters. The van der Waals surface area contributed by atoms with Gasteiger partial charge in [-0.25, -0.2) is 0 Å². The Kier molecular flexibility index (Phi) is 8.17. The van der Waals surface area contributed by atoms with Gasteiger partial charge < -0.3 is 14.2 Å². The van der Waals surface area contributed by atoms with Gasteiger partial charge in [0, 0.05) is 11.6 Å². The van der Waals surface area contributed by atoms with Crippen LogP contribution >= 0.6 is 0 Å². The van der Waals surface area contributed by atoms with Crippen LogP contribution in [0.2, 0.25) is 0 Å². The number of para-hydroxylation sites is 1. The zero-order valence-electron chi connectivity index (χ0n) is 17.3. The third-order valence-electron chi connectivity index (χ3n) is 4.76. The maximum atomic E-state index is 8.85. The molecule has 0 fully saturated rings. The predicted molar refractivity (Wildman–Crippen MR) is 118 cm³/mol. The quantitative estimate of drug-likeness (QED) is 0.384. The van der Waals surface area contributed by atoms with Gasteiger partial charge in [-0.1, -0.05) is 61.5 Å². The minimum Gasteiger partial charge on any atom is -0.493 e. The molecule has 4 nitrogen and oxygen atoms in total. The Labute approximate surface area is 178 Å². The van der Waals surface area contributed by atoms with Gasteiger partial charge in [0.05, 0.1) is 6.61 Å². The highest BCUT2D eigenvalue weighted by Crippen LogP contribution is 2.27. The molecule has 0 aliphatic carbocycles. The van der Waals surface area contributed by atoms with Crippen LogP contribution in [0.5, 0.6) is 17.2 Å². The fourth-order valence-electron chi connectivity index (χ4n) is 3.25. The maximum absolute atomic E-state index is 8.85. The fraction of sp³-hybridized carbons (Fsp3) is 0.269. The average Bonchev–Trinajstić information content (AvgIpc) is 2.80. The molecule has 0 heterocycles. The summed E-state index contributed by atoms with van der Waals surface area (Å²) in [4.78, 5) is 0.